The van der Waals surface area contributed by atoms with Crippen molar-refractivity contribution in [2.45, 2.75) is 70.2 Å². The number of amides is 2. The fraction of sp³-hybridized carbons (Fsp3) is 0.571. The molecule has 0 radical (unpaired) electrons. The number of carbonyl (C=O) groups excluding carboxylic acids is 3. The zero-order valence-corrected chi connectivity index (χ0v) is 18.2. The molecule has 33 heavy (non-hydrogen) atoms. The first-order valence-electron chi connectivity index (χ1n) is 10.3. The fourth-order valence-electron chi connectivity index (χ4n) is 3.32. The number of nitrogens with one attached hydrogen (secondary N) is 2. The van der Waals surface area contributed by atoms with Crippen LogP contribution in [0.15, 0.2) is 18.2 Å². The van der Waals surface area contributed by atoms with Crippen LogP contribution in [0, 0.1) is 0 Å². The molecule has 12 heteroatoms. The molecule has 1 aliphatic heterocycles. The molecule has 1 fully saturated rings. The zero-order chi connectivity index (χ0) is 24.7. The highest BCUT2D eigenvalue weighted by Gasteiger charge is 2.46. The van der Waals surface area contributed by atoms with Gasteiger partial charge in [-0.3, -0.25) is 9.59 Å². The number of carbonyl (C=O) groups is 3. The van der Waals surface area contributed by atoms with Crippen molar-refractivity contribution in [3.05, 3.63) is 23.8 Å². The summed E-state index contributed by atoms with van der Waals surface area (Å²) in [7, 11) is 0. The number of Topliss-reactive ketones (excluding diaryl/α,β-unsaturated/α-hetero) is 1. The number of halogens is 2. The highest BCUT2D eigenvalue weighted by Crippen LogP contribution is 2.34. The Morgan fingerprint density at radius 1 is 1.15 bits per heavy atom. The molecule has 0 bridgehead atoms. The van der Waals surface area contributed by atoms with Gasteiger partial charge in [0.1, 0.15) is 35.9 Å². The van der Waals surface area contributed by atoms with Gasteiger partial charge in [0.25, 0.3) is 6.43 Å². The maximum Gasteiger partial charge on any atom is 0.267 e. The minimum atomic E-state index is -3.01. The Kier molecular flexibility index (Phi) is 9.65. The summed E-state index contributed by atoms with van der Waals surface area (Å²) in [4.78, 5) is 34.4. The van der Waals surface area contributed by atoms with Crippen molar-refractivity contribution in [3.63, 3.8) is 0 Å². The Labute approximate surface area is 188 Å². The molecular weight excluding hydrogens is 446 g/mol. The summed E-state index contributed by atoms with van der Waals surface area (Å²) < 4.78 is 38.3. The molecule has 2 unspecified atom stereocenters. The van der Waals surface area contributed by atoms with Crippen molar-refractivity contribution >= 4 is 23.3 Å². The van der Waals surface area contributed by atoms with E-state index in [-0.39, 0.29) is 30.1 Å². The molecule has 1 saturated heterocycles. The summed E-state index contributed by atoms with van der Waals surface area (Å²) in [6.45, 7) is 1.86. The zero-order valence-electron chi connectivity index (χ0n) is 18.2. The fourth-order valence-corrected chi connectivity index (χ4v) is 3.32. The minimum absolute atomic E-state index is 0.0406. The summed E-state index contributed by atoms with van der Waals surface area (Å²) in [6, 6.07) is 2.17. The Balaban J connectivity index is 2.21. The molecule has 5 atom stereocenters. The molecule has 1 aromatic carbocycles. The highest BCUT2D eigenvalue weighted by atomic mass is 19.3. The van der Waals surface area contributed by atoms with Crippen molar-refractivity contribution in [1.29, 1.82) is 0 Å². The van der Waals surface area contributed by atoms with Crippen LogP contribution in [0.3, 0.4) is 0 Å². The van der Waals surface area contributed by atoms with Gasteiger partial charge in [-0.15, -0.1) is 0 Å². The number of anilines is 1. The number of aliphatic hydroxyl groups is 3. The van der Waals surface area contributed by atoms with Crippen molar-refractivity contribution in [3.8, 4) is 5.75 Å². The number of rotatable bonds is 10. The molecule has 2 amide bonds. The molecule has 0 spiro atoms. The predicted molar refractivity (Wildman–Crippen MR) is 111 cm³/mol. The van der Waals surface area contributed by atoms with Crippen molar-refractivity contribution in [2.75, 3.05) is 11.9 Å². The van der Waals surface area contributed by atoms with Gasteiger partial charge in [-0.1, -0.05) is 0 Å². The molecule has 1 aliphatic rings. The van der Waals surface area contributed by atoms with Crippen LogP contribution in [0.2, 0.25) is 0 Å². The van der Waals surface area contributed by atoms with E-state index in [1.165, 1.54) is 13.0 Å². The van der Waals surface area contributed by atoms with E-state index in [0.29, 0.717) is 6.42 Å². The summed E-state index contributed by atoms with van der Waals surface area (Å²) >= 11 is 0. The van der Waals surface area contributed by atoms with E-state index in [1.54, 1.807) is 0 Å². The van der Waals surface area contributed by atoms with Gasteiger partial charge in [0.2, 0.25) is 18.1 Å². The first-order valence-corrected chi connectivity index (χ1v) is 10.3. The SMILES string of the molecule is CC(=O)CCCC(=O)Nc1ccc(O[C@@H]2OC(CO)[C@@H](O)C(O)[C@@H]2NC(C)=O)c(C(F)F)c1. The van der Waals surface area contributed by atoms with E-state index >= 15 is 0 Å². The van der Waals surface area contributed by atoms with E-state index in [4.69, 9.17) is 9.47 Å². The summed E-state index contributed by atoms with van der Waals surface area (Å²) in [6.07, 6.45) is -8.36. The maximum atomic E-state index is 13.7. The molecule has 10 nitrogen and oxygen atoms in total. The van der Waals surface area contributed by atoms with Gasteiger partial charge in [0.15, 0.2) is 0 Å². The lowest BCUT2D eigenvalue weighted by Crippen LogP contribution is -2.65. The van der Waals surface area contributed by atoms with E-state index in [1.807, 2.05) is 0 Å². The largest absolute Gasteiger partial charge is 0.462 e. The molecule has 1 aromatic rings. The normalized spacial score (nSPS) is 24.9. The number of hydrogen-bond acceptors (Lipinski definition) is 8. The first kappa shape index (κ1) is 26.6. The Morgan fingerprint density at radius 3 is 2.42 bits per heavy atom. The first-order chi connectivity index (χ1) is 15.5. The molecule has 184 valence electrons. The second-order valence-corrected chi connectivity index (χ2v) is 7.71. The molecular formula is C21H28F2N2O8. The van der Waals surface area contributed by atoms with E-state index in [0.717, 1.165) is 19.1 Å². The van der Waals surface area contributed by atoms with Crippen LogP contribution in [-0.4, -0.2) is 70.2 Å². The lowest BCUT2D eigenvalue weighted by Gasteiger charge is -2.42. The van der Waals surface area contributed by atoms with Gasteiger partial charge in [0, 0.05) is 25.5 Å². The smallest absolute Gasteiger partial charge is 0.267 e. The van der Waals surface area contributed by atoms with Gasteiger partial charge in [-0.2, -0.15) is 0 Å². The lowest BCUT2D eigenvalue weighted by molar-refractivity contribution is -0.244. The molecule has 0 aromatic heterocycles. The average molecular weight is 474 g/mol. The number of alkyl halides is 2. The van der Waals surface area contributed by atoms with Crippen LogP contribution in [0.5, 0.6) is 5.75 Å². The Bertz CT molecular complexity index is 854. The minimum Gasteiger partial charge on any atom is -0.462 e. The predicted octanol–water partition coefficient (Wildman–Crippen LogP) is 0.644. The van der Waals surface area contributed by atoms with Crippen LogP contribution in [-0.2, 0) is 19.1 Å². The van der Waals surface area contributed by atoms with Crippen LogP contribution in [0.4, 0.5) is 14.5 Å². The summed E-state index contributed by atoms with van der Waals surface area (Å²) in [5.41, 5.74) is -0.514. The third-order valence-corrected chi connectivity index (χ3v) is 4.96. The molecule has 0 saturated carbocycles. The van der Waals surface area contributed by atoms with Gasteiger partial charge in [-0.25, -0.2) is 8.78 Å². The number of ketones is 1. The number of benzene rings is 1. The Hall–Kier alpha value is -2.67. The molecule has 5 N–H and O–H groups in total. The van der Waals surface area contributed by atoms with E-state index in [2.05, 4.69) is 10.6 Å². The van der Waals surface area contributed by atoms with E-state index < -0.39 is 61.1 Å². The molecule has 2 rings (SSSR count). The van der Waals surface area contributed by atoms with Crippen molar-refractivity contribution in [2.24, 2.45) is 0 Å². The second-order valence-electron chi connectivity index (χ2n) is 7.71. The van der Waals surface area contributed by atoms with Crippen LogP contribution < -0.4 is 15.4 Å². The maximum absolute atomic E-state index is 13.7. The van der Waals surface area contributed by atoms with Gasteiger partial charge in [0.05, 0.1) is 12.2 Å². The van der Waals surface area contributed by atoms with Crippen molar-refractivity contribution < 1.29 is 48.0 Å². The third-order valence-electron chi connectivity index (χ3n) is 4.96. The van der Waals surface area contributed by atoms with Gasteiger partial charge < -0.3 is 40.2 Å². The third kappa shape index (κ3) is 7.42. The lowest BCUT2D eigenvalue weighted by atomic mass is 9.97. The topological polar surface area (TPSA) is 154 Å². The number of aliphatic hydroxyl groups excluding tert-OH is 3. The monoisotopic (exact) mass is 474 g/mol. The van der Waals surface area contributed by atoms with Gasteiger partial charge in [-0.05, 0) is 31.5 Å². The van der Waals surface area contributed by atoms with Crippen molar-refractivity contribution in [1.82, 2.24) is 5.32 Å². The van der Waals surface area contributed by atoms with E-state index in [9.17, 15) is 38.5 Å². The summed E-state index contributed by atoms with van der Waals surface area (Å²) in [5, 5.41) is 34.5. The van der Waals surface area contributed by atoms with Crippen LogP contribution >= 0.6 is 0 Å². The summed E-state index contributed by atoms with van der Waals surface area (Å²) in [5.74, 6) is -1.45. The molecule has 1 heterocycles. The van der Waals surface area contributed by atoms with Crippen LogP contribution in [0.25, 0.3) is 0 Å². The van der Waals surface area contributed by atoms with Crippen LogP contribution in [0.1, 0.15) is 45.1 Å². The average Bonchev–Trinajstić information content (AvgIpc) is 2.73. The quantitative estimate of drug-likeness (QED) is 0.331. The standard InChI is InChI=1S/C21H28F2N2O8/c1-10(27)4-3-5-16(29)25-12-6-7-14(13(8-12)20(22)23)32-21-17(24-11(2)28)19(31)18(30)15(9-26)33-21/h6-8,15,17-21,26,30-31H,3-5,9H2,1-2H3,(H,24,28)(H,25,29)/t15?,17-,18+,19?,21+/m0/s1. The molecule has 0 aliphatic carbocycles. The Morgan fingerprint density at radius 2 is 1.85 bits per heavy atom. The highest BCUT2D eigenvalue weighted by molar-refractivity contribution is 5.91. The second kappa shape index (κ2) is 12.0. The number of hydrogen-bond donors (Lipinski definition) is 5. The van der Waals surface area contributed by atoms with Gasteiger partial charge >= 0.3 is 0 Å². The number of ether oxygens (including phenoxy) is 2.